The van der Waals surface area contributed by atoms with Crippen LogP contribution < -0.4 is 10.8 Å². The minimum Gasteiger partial charge on any atom is -0.394 e. The topological polar surface area (TPSA) is 104 Å². The first kappa shape index (κ1) is 20.0. The van der Waals surface area contributed by atoms with Crippen molar-refractivity contribution in [2.24, 2.45) is 0 Å². The summed E-state index contributed by atoms with van der Waals surface area (Å²) in [5.74, 6) is -1.09. The highest BCUT2D eigenvalue weighted by molar-refractivity contribution is 14.1. The number of nitrogens with one attached hydrogen (secondary N) is 2. The van der Waals surface area contributed by atoms with Crippen molar-refractivity contribution in [3.8, 4) is 0 Å². The molecule has 1 unspecified atom stereocenters. The van der Waals surface area contributed by atoms with Crippen molar-refractivity contribution in [3.63, 3.8) is 0 Å². The molecular formula is C15H14BrFIN3O4. The standard InChI is InChI=1S/C15H14BrFIN3O4/c16-14-4-10(15(24)21-25-7-9(23)6-22)13(5-19-14)20-12-2-1-8(18)3-11(12)17/h1-5,9,20,22-23H,6-7H2,(H,21,24). The maximum absolute atomic E-state index is 14.0. The molecule has 1 amide bonds. The lowest BCUT2D eigenvalue weighted by atomic mass is 10.2. The number of amides is 1. The molecule has 1 aromatic carbocycles. The zero-order valence-electron chi connectivity index (χ0n) is 12.7. The summed E-state index contributed by atoms with van der Waals surface area (Å²) in [4.78, 5) is 21.1. The van der Waals surface area contributed by atoms with Crippen molar-refractivity contribution in [1.29, 1.82) is 0 Å². The number of anilines is 2. The van der Waals surface area contributed by atoms with Crippen molar-refractivity contribution in [2.75, 3.05) is 18.5 Å². The molecule has 0 aliphatic rings. The number of hydrogen-bond acceptors (Lipinski definition) is 6. The van der Waals surface area contributed by atoms with Crippen LogP contribution in [0.15, 0.2) is 35.1 Å². The van der Waals surface area contributed by atoms with E-state index in [-0.39, 0.29) is 23.5 Å². The number of nitrogens with zero attached hydrogens (tertiary/aromatic N) is 1. The molecule has 0 bridgehead atoms. The van der Waals surface area contributed by atoms with Gasteiger partial charge in [-0.2, -0.15) is 0 Å². The molecule has 2 rings (SSSR count). The molecule has 0 aliphatic carbocycles. The molecule has 0 spiro atoms. The average Bonchev–Trinajstić information content (AvgIpc) is 2.58. The van der Waals surface area contributed by atoms with Gasteiger partial charge in [-0.3, -0.25) is 9.63 Å². The van der Waals surface area contributed by atoms with Crippen molar-refractivity contribution < 1.29 is 24.2 Å². The van der Waals surface area contributed by atoms with Crippen LogP contribution in [0.3, 0.4) is 0 Å². The zero-order chi connectivity index (χ0) is 18.4. The summed E-state index contributed by atoms with van der Waals surface area (Å²) < 4.78 is 15.1. The van der Waals surface area contributed by atoms with E-state index in [1.165, 1.54) is 18.3 Å². The van der Waals surface area contributed by atoms with Crippen molar-refractivity contribution in [1.82, 2.24) is 10.5 Å². The minimum atomic E-state index is -1.11. The molecule has 1 atom stereocenters. The van der Waals surface area contributed by atoms with Crippen LogP contribution >= 0.6 is 38.5 Å². The van der Waals surface area contributed by atoms with Crippen LogP contribution in [0, 0.1) is 9.39 Å². The Morgan fingerprint density at radius 2 is 2.16 bits per heavy atom. The van der Waals surface area contributed by atoms with Gasteiger partial charge >= 0.3 is 0 Å². The molecule has 134 valence electrons. The normalized spacial score (nSPS) is 11.9. The maximum Gasteiger partial charge on any atom is 0.277 e. The van der Waals surface area contributed by atoms with Crippen LogP contribution in [-0.4, -0.2) is 40.4 Å². The van der Waals surface area contributed by atoms with E-state index in [4.69, 9.17) is 9.94 Å². The number of rotatable bonds is 7. The Bertz CT molecular complexity index is 766. The van der Waals surface area contributed by atoms with Crippen LogP contribution in [-0.2, 0) is 4.84 Å². The molecule has 0 saturated carbocycles. The number of benzene rings is 1. The monoisotopic (exact) mass is 525 g/mol. The van der Waals surface area contributed by atoms with Gasteiger partial charge in [-0.15, -0.1) is 0 Å². The second kappa shape index (κ2) is 9.38. The Kier molecular flexibility index (Phi) is 7.50. The zero-order valence-corrected chi connectivity index (χ0v) is 16.4. The van der Waals surface area contributed by atoms with Gasteiger partial charge in [0, 0.05) is 3.57 Å². The third-order valence-corrected chi connectivity index (χ3v) is 4.07. The van der Waals surface area contributed by atoms with Crippen molar-refractivity contribution in [2.45, 2.75) is 6.10 Å². The van der Waals surface area contributed by atoms with Crippen molar-refractivity contribution in [3.05, 3.63) is 50.0 Å². The van der Waals surface area contributed by atoms with E-state index < -0.39 is 24.4 Å². The van der Waals surface area contributed by atoms with E-state index in [9.17, 15) is 14.3 Å². The van der Waals surface area contributed by atoms with Gasteiger partial charge in [-0.25, -0.2) is 14.9 Å². The Morgan fingerprint density at radius 1 is 1.40 bits per heavy atom. The molecule has 10 heteroatoms. The summed E-state index contributed by atoms with van der Waals surface area (Å²) >= 11 is 5.16. The molecule has 25 heavy (non-hydrogen) atoms. The van der Waals surface area contributed by atoms with E-state index in [0.717, 1.165) is 3.57 Å². The summed E-state index contributed by atoms with van der Waals surface area (Å²) in [5.41, 5.74) is 2.76. The number of halogens is 3. The number of aromatic nitrogens is 1. The highest BCUT2D eigenvalue weighted by Crippen LogP contribution is 2.25. The predicted octanol–water partition coefficient (Wildman–Crippen LogP) is 2.35. The van der Waals surface area contributed by atoms with Gasteiger partial charge in [0.2, 0.25) is 0 Å². The maximum atomic E-state index is 14.0. The fourth-order valence-electron chi connectivity index (χ4n) is 1.76. The lowest BCUT2D eigenvalue weighted by Gasteiger charge is -2.14. The SMILES string of the molecule is O=C(NOCC(O)CO)c1cc(Br)ncc1Nc1ccc(I)cc1F. The molecule has 4 N–H and O–H groups in total. The first-order valence-electron chi connectivity index (χ1n) is 6.99. The highest BCUT2D eigenvalue weighted by atomic mass is 127. The van der Waals surface area contributed by atoms with Crippen molar-refractivity contribution >= 4 is 55.8 Å². The number of carbonyl (C=O) groups is 1. The Morgan fingerprint density at radius 3 is 2.84 bits per heavy atom. The molecule has 0 aliphatic heterocycles. The van der Waals surface area contributed by atoms with Crippen LogP contribution in [0.4, 0.5) is 15.8 Å². The molecular weight excluding hydrogens is 512 g/mol. The Labute approximate surface area is 164 Å². The van der Waals surface area contributed by atoms with Crippen LogP contribution in [0.25, 0.3) is 0 Å². The Balaban J connectivity index is 2.17. The third-order valence-electron chi connectivity index (χ3n) is 2.97. The van der Waals surface area contributed by atoms with E-state index >= 15 is 0 Å². The molecule has 1 heterocycles. The van der Waals surface area contributed by atoms with E-state index in [0.29, 0.717) is 4.60 Å². The molecule has 2 aromatic rings. The highest BCUT2D eigenvalue weighted by Gasteiger charge is 2.15. The summed E-state index contributed by atoms with van der Waals surface area (Å²) in [7, 11) is 0. The Hall–Kier alpha value is -1.34. The molecule has 0 fully saturated rings. The van der Waals surface area contributed by atoms with Gasteiger partial charge in [0.05, 0.1) is 29.7 Å². The fraction of sp³-hybridized carbons (Fsp3) is 0.200. The predicted molar refractivity (Wildman–Crippen MR) is 101 cm³/mol. The number of hydrogen-bond donors (Lipinski definition) is 4. The van der Waals surface area contributed by atoms with Gasteiger partial charge in [0.25, 0.3) is 5.91 Å². The van der Waals surface area contributed by atoms with E-state index in [1.54, 1.807) is 12.1 Å². The quantitative estimate of drug-likeness (QED) is 0.251. The van der Waals surface area contributed by atoms with Gasteiger partial charge in [-0.1, -0.05) is 0 Å². The lowest BCUT2D eigenvalue weighted by Crippen LogP contribution is -2.30. The van der Waals surface area contributed by atoms with Gasteiger partial charge in [0.1, 0.15) is 23.1 Å². The van der Waals surface area contributed by atoms with Gasteiger partial charge in [-0.05, 0) is 62.8 Å². The smallest absolute Gasteiger partial charge is 0.277 e. The van der Waals surface area contributed by atoms with Crippen LogP contribution in [0.1, 0.15) is 10.4 Å². The molecule has 0 radical (unpaired) electrons. The number of hydroxylamine groups is 1. The van der Waals surface area contributed by atoms with Crippen LogP contribution in [0.2, 0.25) is 0 Å². The lowest BCUT2D eigenvalue weighted by molar-refractivity contribution is -0.0295. The molecule has 7 nitrogen and oxygen atoms in total. The molecule has 0 saturated heterocycles. The fourth-order valence-corrected chi connectivity index (χ4v) is 2.55. The summed E-state index contributed by atoms with van der Waals surface area (Å²) in [6.07, 6.45) is 0.266. The summed E-state index contributed by atoms with van der Waals surface area (Å²) in [6, 6.07) is 6.06. The average molecular weight is 526 g/mol. The number of carbonyl (C=O) groups excluding carboxylic acids is 1. The minimum absolute atomic E-state index is 0.151. The first-order chi connectivity index (χ1) is 11.9. The van der Waals surface area contributed by atoms with Crippen LogP contribution in [0.5, 0.6) is 0 Å². The van der Waals surface area contributed by atoms with E-state index in [1.807, 2.05) is 22.6 Å². The third kappa shape index (κ3) is 5.85. The number of aliphatic hydroxyl groups excluding tert-OH is 2. The van der Waals surface area contributed by atoms with Gasteiger partial charge < -0.3 is 15.5 Å². The van der Waals surface area contributed by atoms with Gasteiger partial charge in [0.15, 0.2) is 0 Å². The second-order valence-electron chi connectivity index (χ2n) is 4.88. The largest absolute Gasteiger partial charge is 0.394 e. The second-order valence-corrected chi connectivity index (χ2v) is 6.94. The molecule has 1 aromatic heterocycles. The number of aliphatic hydroxyl groups is 2. The van der Waals surface area contributed by atoms with E-state index in [2.05, 4.69) is 31.7 Å². The first-order valence-corrected chi connectivity index (χ1v) is 8.86. The summed E-state index contributed by atoms with van der Waals surface area (Å²) in [6.45, 7) is -0.765. The summed E-state index contributed by atoms with van der Waals surface area (Å²) in [5, 5.41) is 20.7. The number of pyridine rings is 1.